The van der Waals surface area contributed by atoms with Gasteiger partial charge in [0.15, 0.2) is 0 Å². The largest absolute Gasteiger partial charge is 0.456 e. The van der Waals surface area contributed by atoms with E-state index in [1.54, 1.807) is 0 Å². The molecule has 0 saturated carbocycles. The number of aryl methyl sites for hydroxylation is 1. The summed E-state index contributed by atoms with van der Waals surface area (Å²) in [6.07, 6.45) is 0. The quantitative estimate of drug-likeness (QED) is 0.163. The Hall–Kier alpha value is -6.90. The number of anilines is 3. The lowest BCUT2D eigenvalue weighted by molar-refractivity contribution is 0.669. The monoisotopic (exact) mass is 677 g/mol. The topological polar surface area (TPSA) is 16.4 Å². The van der Waals surface area contributed by atoms with Crippen molar-refractivity contribution in [1.29, 1.82) is 0 Å². The Morgan fingerprint density at radius 2 is 0.906 bits per heavy atom. The fourth-order valence-electron chi connectivity index (χ4n) is 8.03. The molecule has 0 aliphatic carbocycles. The minimum atomic E-state index is 0.912. The first-order chi connectivity index (χ1) is 26.2. The SMILES string of the molecule is Cc1ccc2oc3ccccc3c2c1-c1ccc(N(c2ccc(-c3ccccc3)cc2)c2ccc(-c3cc4ccccc4c4ccccc34)cc2)cc1. The van der Waals surface area contributed by atoms with Gasteiger partial charge in [0.1, 0.15) is 11.2 Å². The summed E-state index contributed by atoms with van der Waals surface area (Å²) in [6.45, 7) is 2.19. The Labute approximate surface area is 308 Å². The second-order valence-electron chi connectivity index (χ2n) is 13.8. The van der Waals surface area contributed by atoms with E-state index in [9.17, 15) is 0 Å². The maximum Gasteiger partial charge on any atom is 0.136 e. The minimum Gasteiger partial charge on any atom is -0.456 e. The first kappa shape index (κ1) is 30.9. The number of rotatable bonds is 6. The molecule has 9 aromatic carbocycles. The van der Waals surface area contributed by atoms with Gasteiger partial charge in [-0.1, -0.05) is 140 Å². The minimum absolute atomic E-state index is 0.912. The molecule has 10 rings (SSSR count). The first-order valence-electron chi connectivity index (χ1n) is 18.2. The Morgan fingerprint density at radius 1 is 0.377 bits per heavy atom. The highest BCUT2D eigenvalue weighted by atomic mass is 16.3. The normalized spacial score (nSPS) is 11.5. The van der Waals surface area contributed by atoms with E-state index in [4.69, 9.17) is 4.42 Å². The molecular formula is C51H35NO. The van der Waals surface area contributed by atoms with E-state index in [-0.39, 0.29) is 0 Å². The molecule has 0 aliphatic rings. The molecule has 0 saturated heterocycles. The van der Waals surface area contributed by atoms with Crippen molar-refractivity contribution in [2.24, 2.45) is 0 Å². The summed E-state index contributed by atoms with van der Waals surface area (Å²) in [5, 5.41) is 7.38. The molecule has 1 aromatic heterocycles. The van der Waals surface area contributed by atoms with Crippen LogP contribution in [0, 0.1) is 6.92 Å². The molecule has 10 aromatic rings. The molecule has 0 fully saturated rings. The molecule has 0 unspecified atom stereocenters. The lowest BCUT2D eigenvalue weighted by Gasteiger charge is -2.26. The highest BCUT2D eigenvalue weighted by Gasteiger charge is 2.18. The third kappa shape index (κ3) is 5.35. The van der Waals surface area contributed by atoms with E-state index < -0.39 is 0 Å². The molecule has 1 heterocycles. The van der Waals surface area contributed by atoms with Crippen molar-refractivity contribution in [3.63, 3.8) is 0 Å². The van der Waals surface area contributed by atoms with Gasteiger partial charge in [0.25, 0.3) is 0 Å². The molecule has 250 valence electrons. The molecule has 2 nitrogen and oxygen atoms in total. The first-order valence-corrected chi connectivity index (χ1v) is 18.2. The molecule has 0 bridgehead atoms. The van der Waals surface area contributed by atoms with Crippen molar-refractivity contribution in [2.75, 3.05) is 4.90 Å². The van der Waals surface area contributed by atoms with Crippen LogP contribution >= 0.6 is 0 Å². The van der Waals surface area contributed by atoms with Gasteiger partial charge in [-0.05, 0) is 122 Å². The zero-order valence-electron chi connectivity index (χ0n) is 29.3. The van der Waals surface area contributed by atoms with Crippen molar-refractivity contribution >= 4 is 60.5 Å². The van der Waals surface area contributed by atoms with E-state index in [2.05, 4.69) is 194 Å². The van der Waals surface area contributed by atoms with Gasteiger partial charge >= 0.3 is 0 Å². The number of fused-ring (bicyclic) bond motifs is 6. The van der Waals surface area contributed by atoms with Gasteiger partial charge in [-0.3, -0.25) is 0 Å². The molecule has 53 heavy (non-hydrogen) atoms. The Bertz CT molecular complexity index is 2920. The molecule has 2 heteroatoms. The summed E-state index contributed by atoms with van der Waals surface area (Å²) in [5.74, 6) is 0. The van der Waals surface area contributed by atoms with Crippen LogP contribution in [0.1, 0.15) is 5.56 Å². The third-order valence-corrected chi connectivity index (χ3v) is 10.6. The summed E-state index contributed by atoms with van der Waals surface area (Å²) in [4.78, 5) is 2.35. The summed E-state index contributed by atoms with van der Waals surface area (Å²) in [5.41, 5.74) is 13.6. The highest BCUT2D eigenvalue weighted by molar-refractivity contribution is 6.14. The van der Waals surface area contributed by atoms with Crippen LogP contribution in [0.25, 0.3) is 76.9 Å². The predicted octanol–water partition coefficient (Wildman–Crippen LogP) is 14.7. The molecule has 0 aliphatic heterocycles. The number of hydrogen-bond acceptors (Lipinski definition) is 2. The Morgan fingerprint density at radius 3 is 1.60 bits per heavy atom. The van der Waals surface area contributed by atoms with Gasteiger partial charge in [-0.2, -0.15) is 0 Å². The predicted molar refractivity (Wildman–Crippen MR) is 224 cm³/mol. The third-order valence-electron chi connectivity index (χ3n) is 10.6. The maximum absolute atomic E-state index is 6.27. The van der Waals surface area contributed by atoms with Crippen LogP contribution in [0.5, 0.6) is 0 Å². The molecule has 0 amide bonds. The number of furan rings is 1. The zero-order chi connectivity index (χ0) is 35.3. The van der Waals surface area contributed by atoms with Crippen LogP contribution in [0.3, 0.4) is 0 Å². The number of hydrogen-bond donors (Lipinski definition) is 0. The highest BCUT2D eigenvalue weighted by Crippen LogP contribution is 2.42. The molecule has 0 atom stereocenters. The van der Waals surface area contributed by atoms with Gasteiger partial charge in [-0.15, -0.1) is 0 Å². The van der Waals surface area contributed by atoms with Crippen molar-refractivity contribution in [3.05, 3.63) is 200 Å². The molecular weight excluding hydrogens is 643 g/mol. The maximum atomic E-state index is 6.27. The van der Waals surface area contributed by atoms with E-state index in [0.29, 0.717) is 0 Å². The van der Waals surface area contributed by atoms with Gasteiger partial charge in [-0.25, -0.2) is 0 Å². The second-order valence-corrected chi connectivity index (χ2v) is 13.8. The van der Waals surface area contributed by atoms with Crippen LogP contribution in [0.15, 0.2) is 199 Å². The van der Waals surface area contributed by atoms with Gasteiger partial charge < -0.3 is 9.32 Å². The van der Waals surface area contributed by atoms with Gasteiger partial charge in [0, 0.05) is 27.8 Å². The number of nitrogens with zero attached hydrogens (tertiary/aromatic N) is 1. The van der Waals surface area contributed by atoms with E-state index in [1.165, 1.54) is 65.9 Å². The van der Waals surface area contributed by atoms with Crippen LogP contribution < -0.4 is 4.90 Å². The van der Waals surface area contributed by atoms with Crippen LogP contribution in [-0.2, 0) is 0 Å². The summed E-state index contributed by atoms with van der Waals surface area (Å²) in [7, 11) is 0. The smallest absolute Gasteiger partial charge is 0.136 e. The Kier molecular flexibility index (Phi) is 7.40. The lowest BCUT2D eigenvalue weighted by atomic mass is 9.93. The summed E-state index contributed by atoms with van der Waals surface area (Å²) >= 11 is 0. The number of benzene rings is 9. The van der Waals surface area contributed by atoms with Crippen molar-refractivity contribution in [2.45, 2.75) is 6.92 Å². The van der Waals surface area contributed by atoms with Crippen molar-refractivity contribution in [3.8, 4) is 33.4 Å². The van der Waals surface area contributed by atoms with Gasteiger partial charge in [0.2, 0.25) is 0 Å². The molecule has 0 spiro atoms. The van der Waals surface area contributed by atoms with E-state index in [0.717, 1.165) is 33.6 Å². The fraction of sp³-hybridized carbons (Fsp3) is 0.0196. The van der Waals surface area contributed by atoms with Crippen LogP contribution in [0.4, 0.5) is 17.1 Å². The molecule has 0 radical (unpaired) electrons. The second kappa shape index (κ2) is 12.7. The molecule has 0 N–H and O–H groups in total. The number of para-hydroxylation sites is 1. The van der Waals surface area contributed by atoms with Crippen LogP contribution in [-0.4, -0.2) is 0 Å². The lowest BCUT2D eigenvalue weighted by Crippen LogP contribution is -2.09. The van der Waals surface area contributed by atoms with E-state index in [1.807, 2.05) is 12.1 Å². The fourth-order valence-corrected chi connectivity index (χ4v) is 8.03. The average Bonchev–Trinajstić information content (AvgIpc) is 3.61. The van der Waals surface area contributed by atoms with Crippen molar-refractivity contribution < 1.29 is 4.42 Å². The zero-order valence-corrected chi connectivity index (χ0v) is 29.3. The van der Waals surface area contributed by atoms with E-state index >= 15 is 0 Å². The van der Waals surface area contributed by atoms with Gasteiger partial charge in [0.05, 0.1) is 0 Å². The summed E-state index contributed by atoms with van der Waals surface area (Å²) < 4.78 is 6.27. The van der Waals surface area contributed by atoms with Crippen LogP contribution in [0.2, 0.25) is 0 Å². The average molecular weight is 678 g/mol. The Balaban J connectivity index is 1.08. The summed E-state index contributed by atoms with van der Waals surface area (Å²) in [6, 6.07) is 69.8. The standard InChI is InChI=1S/C51H35NO/c1-34-19-32-49-51(46-17-9-10-18-48(46)53-49)50(34)38-24-30-42(31-25-38)52(40-26-20-36(21-27-40)35-11-3-2-4-12-35)41-28-22-37(23-29-41)47-33-39-13-5-6-14-43(39)44-15-7-8-16-45(44)47/h2-33H,1H3. The van der Waals surface area contributed by atoms with Crippen molar-refractivity contribution in [1.82, 2.24) is 0 Å².